The number of pyridine rings is 2. The number of nitrogens with two attached hydrogens (primary N) is 1. The van der Waals surface area contributed by atoms with Gasteiger partial charge in [-0.05, 0) is 36.8 Å². The Morgan fingerprint density at radius 1 is 1.25 bits per heavy atom. The highest BCUT2D eigenvalue weighted by molar-refractivity contribution is 5.59. The maximum absolute atomic E-state index is 13.8. The number of aromatic nitrogens is 2. The highest BCUT2D eigenvalue weighted by Gasteiger charge is 2.36. The minimum atomic E-state index is -0.776. The van der Waals surface area contributed by atoms with Gasteiger partial charge in [-0.2, -0.15) is 5.26 Å². The molecule has 0 saturated carbocycles. The molecule has 0 fully saturated rings. The molecule has 0 spiro atoms. The van der Waals surface area contributed by atoms with Crippen LogP contribution in [0.25, 0.3) is 0 Å². The van der Waals surface area contributed by atoms with Gasteiger partial charge >= 0.3 is 0 Å². The van der Waals surface area contributed by atoms with Gasteiger partial charge in [-0.15, -0.1) is 0 Å². The van der Waals surface area contributed by atoms with Gasteiger partial charge in [0.2, 0.25) is 5.88 Å². The zero-order chi connectivity index (χ0) is 22.8. The molecule has 2 N–H and O–H groups in total. The standard InChI is InChI=1S/C24H22N4O4/c1-14-9-20-22(24(29)28(14)13-15-5-4-8-27-12-15)21(18(11-25)23(26)32-20)17-10-16(30-2)6-7-19(17)31-3/h4-10,12,21H,13,26H2,1-3H3. The van der Waals surface area contributed by atoms with E-state index in [0.29, 0.717) is 40.6 Å². The number of allylic oxidation sites excluding steroid dienone is 1. The molecule has 32 heavy (non-hydrogen) atoms. The van der Waals surface area contributed by atoms with Crippen LogP contribution >= 0.6 is 0 Å². The molecule has 0 radical (unpaired) electrons. The number of nitriles is 1. The zero-order valence-electron chi connectivity index (χ0n) is 18.0. The fourth-order valence-electron chi connectivity index (χ4n) is 3.93. The second-order valence-corrected chi connectivity index (χ2v) is 7.35. The summed E-state index contributed by atoms with van der Waals surface area (Å²) in [4.78, 5) is 17.9. The summed E-state index contributed by atoms with van der Waals surface area (Å²) in [5.41, 5.74) is 8.44. The maximum atomic E-state index is 13.8. The SMILES string of the molecule is COc1ccc(OC)c(C2C(C#N)=C(N)Oc3cc(C)n(Cc4cccnc4)c(=O)c32)c1. The Morgan fingerprint density at radius 3 is 2.72 bits per heavy atom. The molecule has 1 aromatic carbocycles. The van der Waals surface area contributed by atoms with Crippen molar-refractivity contribution in [3.63, 3.8) is 0 Å². The van der Waals surface area contributed by atoms with Gasteiger partial charge in [0.1, 0.15) is 28.9 Å². The second kappa shape index (κ2) is 8.47. The Kier molecular flexibility index (Phi) is 5.56. The van der Waals surface area contributed by atoms with Crippen molar-refractivity contribution in [3.8, 4) is 23.3 Å². The Morgan fingerprint density at radius 2 is 2.06 bits per heavy atom. The van der Waals surface area contributed by atoms with Gasteiger partial charge in [-0.1, -0.05) is 6.07 Å². The first-order valence-electron chi connectivity index (χ1n) is 9.91. The molecule has 0 saturated heterocycles. The van der Waals surface area contributed by atoms with Gasteiger partial charge in [0.05, 0.1) is 32.2 Å². The first kappa shape index (κ1) is 21.0. The lowest BCUT2D eigenvalue weighted by Gasteiger charge is -2.28. The van der Waals surface area contributed by atoms with E-state index in [-0.39, 0.29) is 17.0 Å². The van der Waals surface area contributed by atoms with E-state index in [0.717, 1.165) is 5.56 Å². The Bertz CT molecular complexity index is 1310. The topological polar surface area (TPSA) is 112 Å². The third-order valence-electron chi connectivity index (χ3n) is 5.50. The van der Waals surface area contributed by atoms with Crippen molar-refractivity contribution in [1.82, 2.24) is 9.55 Å². The number of fused-ring (bicyclic) bond motifs is 1. The highest BCUT2D eigenvalue weighted by atomic mass is 16.5. The molecule has 1 atom stereocenters. The summed E-state index contributed by atoms with van der Waals surface area (Å²) in [6, 6.07) is 12.8. The summed E-state index contributed by atoms with van der Waals surface area (Å²) in [5.74, 6) is 0.567. The summed E-state index contributed by atoms with van der Waals surface area (Å²) < 4.78 is 18.3. The first-order chi connectivity index (χ1) is 15.5. The van der Waals surface area contributed by atoms with Crippen LogP contribution in [0.5, 0.6) is 17.2 Å². The molecule has 0 aliphatic carbocycles. The first-order valence-corrected chi connectivity index (χ1v) is 9.91. The van der Waals surface area contributed by atoms with Crippen LogP contribution in [0.4, 0.5) is 0 Å². The average molecular weight is 430 g/mol. The van der Waals surface area contributed by atoms with Gasteiger partial charge in [-0.25, -0.2) is 0 Å². The molecule has 0 bridgehead atoms. The molecule has 3 aromatic rings. The highest BCUT2D eigenvalue weighted by Crippen LogP contribution is 2.44. The minimum Gasteiger partial charge on any atom is -0.497 e. The van der Waals surface area contributed by atoms with E-state index >= 15 is 0 Å². The second-order valence-electron chi connectivity index (χ2n) is 7.35. The van der Waals surface area contributed by atoms with Gasteiger partial charge in [0, 0.05) is 29.7 Å². The van der Waals surface area contributed by atoms with Crippen LogP contribution in [-0.4, -0.2) is 23.8 Å². The van der Waals surface area contributed by atoms with Crippen LogP contribution in [0.1, 0.15) is 28.3 Å². The van der Waals surface area contributed by atoms with E-state index < -0.39 is 5.92 Å². The number of benzene rings is 1. The number of rotatable bonds is 5. The smallest absolute Gasteiger partial charge is 0.259 e. The summed E-state index contributed by atoms with van der Waals surface area (Å²) in [6.07, 6.45) is 3.39. The summed E-state index contributed by atoms with van der Waals surface area (Å²) in [7, 11) is 3.07. The Balaban J connectivity index is 1.98. The van der Waals surface area contributed by atoms with Gasteiger partial charge in [-0.3, -0.25) is 9.78 Å². The van der Waals surface area contributed by atoms with Crippen molar-refractivity contribution in [2.45, 2.75) is 19.4 Å². The fourth-order valence-corrected chi connectivity index (χ4v) is 3.93. The number of ether oxygens (including phenoxy) is 3. The third-order valence-corrected chi connectivity index (χ3v) is 5.50. The van der Waals surface area contributed by atoms with E-state index in [1.807, 2.05) is 19.1 Å². The molecular formula is C24H22N4O4. The van der Waals surface area contributed by atoms with Crippen molar-refractivity contribution < 1.29 is 14.2 Å². The molecule has 8 nitrogen and oxygen atoms in total. The Hall–Kier alpha value is -4.25. The summed E-state index contributed by atoms with van der Waals surface area (Å²) in [5, 5.41) is 9.90. The lowest BCUT2D eigenvalue weighted by Crippen LogP contribution is -2.33. The van der Waals surface area contributed by atoms with E-state index in [1.165, 1.54) is 7.11 Å². The number of nitrogens with zero attached hydrogens (tertiary/aromatic N) is 3. The van der Waals surface area contributed by atoms with Gasteiger partial charge in [0.25, 0.3) is 5.56 Å². The van der Waals surface area contributed by atoms with Crippen LogP contribution in [0, 0.1) is 18.3 Å². The number of methoxy groups -OCH3 is 2. The van der Waals surface area contributed by atoms with Crippen LogP contribution in [0.2, 0.25) is 0 Å². The van der Waals surface area contributed by atoms with E-state index in [4.69, 9.17) is 19.9 Å². The molecule has 3 heterocycles. The molecule has 1 aliphatic rings. The number of hydrogen-bond donors (Lipinski definition) is 1. The van der Waals surface area contributed by atoms with Crippen molar-refractivity contribution >= 4 is 0 Å². The number of hydrogen-bond acceptors (Lipinski definition) is 7. The van der Waals surface area contributed by atoms with E-state index in [9.17, 15) is 10.1 Å². The zero-order valence-corrected chi connectivity index (χ0v) is 18.0. The predicted octanol–water partition coefficient (Wildman–Crippen LogP) is 2.84. The summed E-state index contributed by atoms with van der Waals surface area (Å²) >= 11 is 0. The molecule has 1 unspecified atom stereocenters. The van der Waals surface area contributed by atoms with Crippen molar-refractivity contribution in [1.29, 1.82) is 5.26 Å². The molecule has 162 valence electrons. The average Bonchev–Trinajstić information content (AvgIpc) is 2.81. The molecule has 2 aromatic heterocycles. The largest absolute Gasteiger partial charge is 0.497 e. The monoisotopic (exact) mass is 430 g/mol. The van der Waals surface area contributed by atoms with Crippen LogP contribution in [0.15, 0.2) is 65.0 Å². The molecule has 1 aliphatic heterocycles. The lowest BCUT2D eigenvalue weighted by molar-refractivity contribution is 0.380. The molecule has 8 heteroatoms. The van der Waals surface area contributed by atoms with Crippen LogP contribution in [-0.2, 0) is 6.54 Å². The molecule has 0 amide bonds. The van der Waals surface area contributed by atoms with Crippen LogP contribution < -0.4 is 25.5 Å². The van der Waals surface area contributed by atoms with Gasteiger partial charge in [0.15, 0.2) is 0 Å². The number of aryl methyl sites for hydroxylation is 1. The molecular weight excluding hydrogens is 408 g/mol. The fraction of sp³-hybridized carbons (Fsp3) is 0.208. The van der Waals surface area contributed by atoms with Crippen molar-refractivity contribution in [3.05, 3.63) is 93.0 Å². The van der Waals surface area contributed by atoms with Crippen molar-refractivity contribution in [2.24, 2.45) is 5.73 Å². The predicted molar refractivity (Wildman–Crippen MR) is 118 cm³/mol. The third kappa shape index (κ3) is 3.54. The Labute approximate surface area is 185 Å². The van der Waals surface area contributed by atoms with E-state index in [2.05, 4.69) is 11.1 Å². The van der Waals surface area contributed by atoms with Crippen LogP contribution in [0.3, 0.4) is 0 Å². The quantitative estimate of drug-likeness (QED) is 0.662. The molecule has 4 rings (SSSR count). The maximum Gasteiger partial charge on any atom is 0.259 e. The normalized spacial score (nSPS) is 14.9. The summed E-state index contributed by atoms with van der Waals surface area (Å²) in [6.45, 7) is 2.15. The van der Waals surface area contributed by atoms with E-state index in [1.54, 1.807) is 48.3 Å². The lowest BCUT2D eigenvalue weighted by atomic mass is 9.83. The van der Waals surface area contributed by atoms with Crippen molar-refractivity contribution in [2.75, 3.05) is 14.2 Å². The van der Waals surface area contributed by atoms with Gasteiger partial charge < -0.3 is 24.5 Å². The minimum absolute atomic E-state index is 0.0429.